The maximum Gasteiger partial charge on any atom is 0.419 e. The van der Waals surface area contributed by atoms with Crippen molar-refractivity contribution in [2.24, 2.45) is 5.73 Å². The van der Waals surface area contributed by atoms with Crippen LogP contribution in [-0.4, -0.2) is 22.6 Å². The van der Waals surface area contributed by atoms with Crippen LogP contribution >= 0.6 is 11.8 Å². The molecule has 1 aromatic heterocycles. The number of fused-ring (bicyclic) bond motifs is 1. The van der Waals surface area contributed by atoms with Crippen LogP contribution in [0.15, 0.2) is 33.5 Å². The monoisotopic (exact) mass is 252 g/mol. The zero-order valence-corrected chi connectivity index (χ0v) is 10.4. The molecule has 0 spiro atoms. The number of nitrogens with zero attached hydrogens (tertiary/aromatic N) is 1. The van der Waals surface area contributed by atoms with Crippen LogP contribution in [0, 0.1) is 0 Å². The lowest BCUT2D eigenvalue weighted by Crippen LogP contribution is -2.15. The van der Waals surface area contributed by atoms with Crippen molar-refractivity contribution in [3.05, 3.63) is 34.8 Å². The number of aryl methyl sites for hydroxylation is 1. The van der Waals surface area contributed by atoms with Crippen molar-refractivity contribution in [2.45, 2.75) is 13.0 Å². The molecule has 0 radical (unpaired) electrons. The summed E-state index contributed by atoms with van der Waals surface area (Å²) >= 11 is 1.81. The minimum Gasteiger partial charge on any atom is -0.408 e. The smallest absolute Gasteiger partial charge is 0.408 e. The van der Waals surface area contributed by atoms with E-state index in [1.807, 2.05) is 36.0 Å². The van der Waals surface area contributed by atoms with Crippen molar-refractivity contribution in [2.75, 3.05) is 18.1 Å². The highest BCUT2D eigenvalue weighted by Gasteiger charge is 2.07. The molecular formula is C12H16N2O2S. The van der Waals surface area contributed by atoms with E-state index in [4.69, 9.17) is 10.2 Å². The number of thioether (sulfide) groups is 1. The Hall–Kier alpha value is -1.20. The summed E-state index contributed by atoms with van der Waals surface area (Å²) in [5, 5.41) is 0. The molecule has 5 heteroatoms. The number of hydrogen-bond acceptors (Lipinski definition) is 4. The first-order valence-corrected chi connectivity index (χ1v) is 6.84. The van der Waals surface area contributed by atoms with Crippen LogP contribution in [0.5, 0.6) is 0 Å². The van der Waals surface area contributed by atoms with Crippen molar-refractivity contribution in [3.63, 3.8) is 0 Å². The number of rotatable bonds is 6. The van der Waals surface area contributed by atoms with E-state index in [0.717, 1.165) is 30.0 Å². The van der Waals surface area contributed by atoms with Crippen LogP contribution in [0.25, 0.3) is 11.1 Å². The maximum absolute atomic E-state index is 11.6. The van der Waals surface area contributed by atoms with E-state index in [9.17, 15) is 4.79 Å². The second-order valence-electron chi connectivity index (χ2n) is 3.74. The molecule has 1 aromatic carbocycles. The molecule has 92 valence electrons. The fourth-order valence-corrected chi connectivity index (χ4v) is 2.56. The molecule has 2 N–H and O–H groups in total. The Balaban J connectivity index is 2.03. The Bertz CT molecular complexity index is 533. The number of nitrogens with two attached hydrogens (primary N) is 1. The van der Waals surface area contributed by atoms with E-state index in [1.165, 1.54) is 0 Å². The quantitative estimate of drug-likeness (QED) is 0.795. The van der Waals surface area contributed by atoms with Crippen LogP contribution in [-0.2, 0) is 6.54 Å². The summed E-state index contributed by atoms with van der Waals surface area (Å²) in [5.74, 6) is 1.68. The van der Waals surface area contributed by atoms with Gasteiger partial charge in [-0.15, -0.1) is 0 Å². The predicted molar refractivity (Wildman–Crippen MR) is 71.5 cm³/mol. The van der Waals surface area contributed by atoms with Gasteiger partial charge in [-0.1, -0.05) is 12.1 Å². The first-order valence-electron chi connectivity index (χ1n) is 5.69. The molecule has 17 heavy (non-hydrogen) atoms. The van der Waals surface area contributed by atoms with Crippen molar-refractivity contribution >= 4 is 22.9 Å². The van der Waals surface area contributed by atoms with Crippen LogP contribution in [0.1, 0.15) is 6.42 Å². The van der Waals surface area contributed by atoms with Gasteiger partial charge in [0, 0.05) is 12.3 Å². The van der Waals surface area contributed by atoms with Gasteiger partial charge in [0.15, 0.2) is 5.58 Å². The lowest BCUT2D eigenvalue weighted by molar-refractivity contribution is 0.514. The van der Waals surface area contributed by atoms with E-state index < -0.39 is 0 Å². The molecule has 0 saturated carbocycles. The molecule has 0 bridgehead atoms. The van der Waals surface area contributed by atoms with E-state index in [2.05, 4.69) is 0 Å². The van der Waals surface area contributed by atoms with E-state index in [1.54, 1.807) is 4.57 Å². The molecule has 1 heterocycles. The van der Waals surface area contributed by atoms with Crippen LogP contribution in [0.3, 0.4) is 0 Å². The third-order valence-electron chi connectivity index (χ3n) is 2.53. The van der Waals surface area contributed by atoms with Gasteiger partial charge in [0.2, 0.25) is 0 Å². The van der Waals surface area contributed by atoms with Gasteiger partial charge in [0.1, 0.15) is 0 Å². The average Bonchev–Trinajstić information content (AvgIpc) is 2.65. The Kier molecular flexibility index (Phi) is 4.28. The molecular weight excluding hydrogens is 236 g/mol. The number of aromatic nitrogens is 1. The summed E-state index contributed by atoms with van der Waals surface area (Å²) < 4.78 is 6.84. The first-order chi connectivity index (χ1) is 8.33. The Morgan fingerprint density at radius 3 is 2.94 bits per heavy atom. The van der Waals surface area contributed by atoms with E-state index in [-0.39, 0.29) is 5.76 Å². The highest BCUT2D eigenvalue weighted by molar-refractivity contribution is 7.99. The van der Waals surface area contributed by atoms with Crippen molar-refractivity contribution < 1.29 is 4.42 Å². The maximum atomic E-state index is 11.6. The summed E-state index contributed by atoms with van der Waals surface area (Å²) in [7, 11) is 0. The van der Waals surface area contributed by atoms with Crippen molar-refractivity contribution in [1.29, 1.82) is 0 Å². The first kappa shape index (κ1) is 12.3. The van der Waals surface area contributed by atoms with Gasteiger partial charge in [-0.25, -0.2) is 4.79 Å². The Morgan fingerprint density at radius 2 is 2.12 bits per heavy atom. The Morgan fingerprint density at radius 1 is 1.29 bits per heavy atom. The molecule has 2 rings (SSSR count). The predicted octanol–water partition coefficient (Wildman–Crippen LogP) is 1.68. The fraction of sp³-hybridized carbons (Fsp3) is 0.417. The molecule has 0 aliphatic carbocycles. The minimum atomic E-state index is -0.273. The van der Waals surface area contributed by atoms with Crippen LogP contribution in [0.2, 0.25) is 0 Å². The van der Waals surface area contributed by atoms with Crippen molar-refractivity contribution in [3.8, 4) is 0 Å². The van der Waals surface area contributed by atoms with Gasteiger partial charge < -0.3 is 10.2 Å². The molecule has 0 unspecified atom stereocenters. The lowest BCUT2D eigenvalue weighted by atomic mass is 10.3. The zero-order valence-electron chi connectivity index (χ0n) is 9.59. The molecule has 2 aromatic rings. The number of hydrogen-bond donors (Lipinski definition) is 1. The standard InChI is InChI=1S/C12H16N2O2S/c13-6-3-8-17-9-7-14-10-4-1-2-5-11(10)16-12(14)15/h1-2,4-5H,3,6-9,13H2. The van der Waals surface area contributed by atoms with Crippen LogP contribution in [0.4, 0.5) is 0 Å². The highest BCUT2D eigenvalue weighted by Crippen LogP contribution is 2.12. The molecule has 0 aliphatic heterocycles. The van der Waals surface area contributed by atoms with E-state index in [0.29, 0.717) is 12.1 Å². The summed E-state index contributed by atoms with van der Waals surface area (Å²) in [6.07, 6.45) is 1.02. The normalized spacial score (nSPS) is 11.1. The van der Waals surface area contributed by atoms with E-state index >= 15 is 0 Å². The van der Waals surface area contributed by atoms with Crippen molar-refractivity contribution in [1.82, 2.24) is 4.57 Å². The topological polar surface area (TPSA) is 61.2 Å². The molecule has 0 atom stereocenters. The summed E-state index contributed by atoms with van der Waals surface area (Å²) in [6.45, 7) is 1.41. The summed E-state index contributed by atoms with van der Waals surface area (Å²) in [6, 6.07) is 7.50. The molecule has 0 saturated heterocycles. The second-order valence-corrected chi connectivity index (χ2v) is 4.97. The van der Waals surface area contributed by atoms with Gasteiger partial charge >= 0.3 is 5.76 Å². The Labute approximate surface area is 104 Å². The summed E-state index contributed by atoms with van der Waals surface area (Å²) in [4.78, 5) is 11.6. The van der Waals surface area contributed by atoms with Gasteiger partial charge in [-0.05, 0) is 30.9 Å². The molecule has 0 aliphatic rings. The van der Waals surface area contributed by atoms with Gasteiger partial charge in [-0.3, -0.25) is 4.57 Å². The molecule has 0 fully saturated rings. The number of oxazole rings is 1. The highest BCUT2D eigenvalue weighted by atomic mass is 32.2. The average molecular weight is 252 g/mol. The molecule has 0 amide bonds. The second kappa shape index (κ2) is 5.93. The largest absolute Gasteiger partial charge is 0.419 e. The number of para-hydroxylation sites is 2. The van der Waals surface area contributed by atoms with Gasteiger partial charge in [-0.2, -0.15) is 11.8 Å². The van der Waals surface area contributed by atoms with Crippen LogP contribution < -0.4 is 11.5 Å². The van der Waals surface area contributed by atoms with Gasteiger partial charge in [0.05, 0.1) is 5.52 Å². The number of benzene rings is 1. The molecule has 4 nitrogen and oxygen atoms in total. The minimum absolute atomic E-state index is 0.273. The fourth-order valence-electron chi connectivity index (χ4n) is 1.67. The van der Waals surface area contributed by atoms with Gasteiger partial charge in [0.25, 0.3) is 0 Å². The zero-order chi connectivity index (χ0) is 12.1. The summed E-state index contributed by atoms with van der Waals surface area (Å²) in [5.41, 5.74) is 6.95. The SMILES string of the molecule is NCCCSCCn1c(=O)oc2ccccc21. The lowest BCUT2D eigenvalue weighted by Gasteiger charge is -2.01. The third kappa shape index (κ3) is 2.92. The third-order valence-corrected chi connectivity index (χ3v) is 3.57.